The predicted molar refractivity (Wildman–Crippen MR) is 80.3 cm³/mol. The van der Waals surface area contributed by atoms with Gasteiger partial charge in [0.15, 0.2) is 0 Å². The number of nitrogens with one attached hydrogen (secondary N) is 1. The molecule has 1 atom stereocenters. The van der Waals surface area contributed by atoms with Crippen molar-refractivity contribution in [2.24, 2.45) is 0 Å². The maximum Gasteiger partial charge on any atom is 0.410 e. The maximum absolute atomic E-state index is 12.1. The number of ether oxygens (including phenoxy) is 1. The summed E-state index contributed by atoms with van der Waals surface area (Å²) in [4.78, 5) is 25.2. The number of rotatable bonds is 4. The van der Waals surface area contributed by atoms with E-state index in [9.17, 15) is 9.59 Å². The van der Waals surface area contributed by atoms with Crippen molar-refractivity contribution in [3.63, 3.8) is 0 Å². The van der Waals surface area contributed by atoms with Gasteiger partial charge in [0.1, 0.15) is 6.04 Å². The Hall–Kier alpha value is -1.75. The molecule has 0 aromatic heterocycles. The number of likely N-dealkylation sites (tertiary alicyclic amines) is 1. The standard InChI is InChI=1S/C15H19ClN2O3/c1-21-15(20)18-10-2-3-13(18)14(19)17-9-8-11-4-6-12(16)7-5-11/h4-7,13H,2-3,8-10H2,1H3,(H,17,19). The number of halogens is 1. The van der Waals surface area contributed by atoms with Crippen LogP contribution in [-0.4, -0.2) is 43.1 Å². The van der Waals surface area contributed by atoms with Crippen molar-refractivity contribution in [3.8, 4) is 0 Å². The fraction of sp³-hybridized carbons (Fsp3) is 0.467. The summed E-state index contributed by atoms with van der Waals surface area (Å²) in [6, 6.07) is 7.11. The largest absolute Gasteiger partial charge is 0.453 e. The normalized spacial score (nSPS) is 17.6. The van der Waals surface area contributed by atoms with Crippen molar-refractivity contribution in [3.05, 3.63) is 34.9 Å². The quantitative estimate of drug-likeness (QED) is 0.928. The Kier molecular flexibility index (Phi) is 5.44. The molecule has 2 rings (SSSR count). The highest BCUT2D eigenvalue weighted by Crippen LogP contribution is 2.18. The van der Waals surface area contributed by atoms with Crippen LogP contribution in [0.5, 0.6) is 0 Å². The second-order valence-electron chi connectivity index (χ2n) is 4.99. The molecule has 1 aliphatic heterocycles. The highest BCUT2D eigenvalue weighted by Gasteiger charge is 2.34. The SMILES string of the molecule is COC(=O)N1CCCC1C(=O)NCCc1ccc(Cl)cc1. The van der Waals surface area contributed by atoms with E-state index < -0.39 is 12.1 Å². The van der Waals surface area contributed by atoms with Gasteiger partial charge >= 0.3 is 6.09 Å². The summed E-state index contributed by atoms with van der Waals surface area (Å²) < 4.78 is 4.69. The van der Waals surface area contributed by atoms with Crippen molar-refractivity contribution in [1.82, 2.24) is 10.2 Å². The Balaban J connectivity index is 1.81. The van der Waals surface area contributed by atoms with Gasteiger partial charge in [0.05, 0.1) is 7.11 Å². The molecule has 6 heteroatoms. The molecule has 2 amide bonds. The van der Waals surface area contributed by atoms with Gasteiger partial charge in [0, 0.05) is 18.1 Å². The van der Waals surface area contributed by atoms with E-state index in [0.29, 0.717) is 24.5 Å². The van der Waals surface area contributed by atoms with Crippen LogP contribution in [0, 0.1) is 0 Å². The molecule has 1 N–H and O–H groups in total. The summed E-state index contributed by atoms with van der Waals surface area (Å²) in [6.45, 7) is 1.11. The van der Waals surface area contributed by atoms with Crippen LogP contribution in [0.2, 0.25) is 5.02 Å². The van der Waals surface area contributed by atoms with Gasteiger partial charge in [-0.1, -0.05) is 23.7 Å². The molecular weight excluding hydrogens is 292 g/mol. The van der Waals surface area contributed by atoms with E-state index in [0.717, 1.165) is 18.4 Å². The molecule has 0 bridgehead atoms. The molecule has 1 aromatic rings. The van der Waals surface area contributed by atoms with Crippen molar-refractivity contribution in [1.29, 1.82) is 0 Å². The van der Waals surface area contributed by atoms with Crippen molar-refractivity contribution in [2.75, 3.05) is 20.2 Å². The van der Waals surface area contributed by atoms with Gasteiger partial charge in [-0.25, -0.2) is 4.79 Å². The van der Waals surface area contributed by atoms with Gasteiger partial charge in [-0.05, 0) is 37.0 Å². The second-order valence-corrected chi connectivity index (χ2v) is 5.43. The number of carbonyl (C=O) groups excluding carboxylic acids is 2. The average molecular weight is 311 g/mol. The third-order valence-corrected chi connectivity index (χ3v) is 3.84. The zero-order valence-electron chi connectivity index (χ0n) is 12.0. The first-order valence-electron chi connectivity index (χ1n) is 6.98. The minimum absolute atomic E-state index is 0.119. The van der Waals surface area contributed by atoms with Crippen LogP contribution in [0.4, 0.5) is 4.79 Å². The van der Waals surface area contributed by atoms with Gasteiger partial charge in [-0.3, -0.25) is 9.69 Å². The molecule has 1 aromatic carbocycles. The highest BCUT2D eigenvalue weighted by atomic mass is 35.5. The Morgan fingerprint density at radius 3 is 2.76 bits per heavy atom. The van der Waals surface area contributed by atoms with Gasteiger partial charge in [0.2, 0.25) is 5.91 Å². The van der Waals surface area contributed by atoms with Crippen molar-refractivity contribution >= 4 is 23.6 Å². The molecule has 0 saturated carbocycles. The molecule has 5 nitrogen and oxygen atoms in total. The lowest BCUT2D eigenvalue weighted by atomic mass is 10.1. The lowest BCUT2D eigenvalue weighted by molar-refractivity contribution is -0.125. The summed E-state index contributed by atoms with van der Waals surface area (Å²) in [6.07, 6.45) is 1.80. The minimum atomic E-state index is -0.439. The van der Waals surface area contributed by atoms with Gasteiger partial charge in [-0.15, -0.1) is 0 Å². The Bertz CT molecular complexity index is 504. The summed E-state index contributed by atoms with van der Waals surface area (Å²) >= 11 is 5.82. The van der Waals surface area contributed by atoms with Crippen LogP contribution in [0.15, 0.2) is 24.3 Å². The first kappa shape index (κ1) is 15.6. The number of carbonyl (C=O) groups is 2. The van der Waals surface area contributed by atoms with E-state index in [1.165, 1.54) is 12.0 Å². The molecule has 21 heavy (non-hydrogen) atoms. The summed E-state index contributed by atoms with van der Waals surface area (Å²) in [5.41, 5.74) is 1.11. The van der Waals surface area contributed by atoms with Gasteiger partial charge in [0.25, 0.3) is 0 Å². The van der Waals surface area contributed by atoms with Crippen LogP contribution in [0.25, 0.3) is 0 Å². The Morgan fingerprint density at radius 1 is 1.38 bits per heavy atom. The summed E-state index contributed by atoms with van der Waals surface area (Å²) in [5.74, 6) is -0.119. The van der Waals surface area contributed by atoms with Crippen LogP contribution in [-0.2, 0) is 16.0 Å². The number of hydrogen-bond acceptors (Lipinski definition) is 3. The molecule has 1 saturated heterocycles. The van der Waals surface area contributed by atoms with Crippen LogP contribution >= 0.6 is 11.6 Å². The lowest BCUT2D eigenvalue weighted by Gasteiger charge is -2.22. The average Bonchev–Trinajstić information content (AvgIpc) is 2.98. The van der Waals surface area contributed by atoms with E-state index in [2.05, 4.69) is 5.32 Å². The molecule has 1 unspecified atom stereocenters. The molecule has 0 aliphatic carbocycles. The smallest absolute Gasteiger partial charge is 0.410 e. The number of benzene rings is 1. The third kappa shape index (κ3) is 4.11. The summed E-state index contributed by atoms with van der Waals surface area (Å²) in [5, 5.41) is 3.57. The first-order chi connectivity index (χ1) is 10.1. The molecule has 1 fully saturated rings. The lowest BCUT2D eigenvalue weighted by Crippen LogP contribution is -2.46. The van der Waals surface area contributed by atoms with Crippen molar-refractivity contribution < 1.29 is 14.3 Å². The molecule has 0 spiro atoms. The Labute approximate surface area is 129 Å². The molecule has 0 radical (unpaired) electrons. The third-order valence-electron chi connectivity index (χ3n) is 3.59. The second kappa shape index (κ2) is 7.31. The van der Waals surface area contributed by atoms with Gasteiger partial charge < -0.3 is 10.1 Å². The number of amides is 2. The summed E-state index contributed by atoms with van der Waals surface area (Å²) in [7, 11) is 1.33. The molecule has 1 aliphatic rings. The maximum atomic E-state index is 12.1. The topological polar surface area (TPSA) is 58.6 Å². The zero-order chi connectivity index (χ0) is 15.2. The number of nitrogens with zero attached hydrogens (tertiary/aromatic N) is 1. The predicted octanol–water partition coefficient (Wildman–Crippen LogP) is 2.23. The van der Waals surface area contributed by atoms with Crippen LogP contribution in [0.3, 0.4) is 0 Å². The zero-order valence-corrected chi connectivity index (χ0v) is 12.7. The minimum Gasteiger partial charge on any atom is -0.453 e. The Morgan fingerprint density at radius 2 is 2.10 bits per heavy atom. The van der Waals surface area contributed by atoms with Gasteiger partial charge in [-0.2, -0.15) is 0 Å². The molecular formula is C15H19ClN2O3. The van der Waals surface area contributed by atoms with Crippen LogP contribution < -0.4 is 5.32 Å². The highest BCUT2D eigenvalue weighted by molar-refractivity contribution is 6.30. The fourth-order valence-corrected chi connectivity index (χ4v) is 2.60. The van der Waals surface area contributed by atoms with Crippen molar-refractivity contribution in [2.45, 2.75) is 25.3 Å². The van der Waals surface area contributed by atoms with E-state index in [1.54, 1.807) is 0 Å². The number of methoxy groups -OCH3 is 1. The molecule has 1 heterocycles. The van der Waals surface area contributed by atoms with E-state index in [4.69, 9.17) is 16.3 Å². The van der Waals surface area contributed by atoms with E-state index in [-0.39, 0.29) is 5.91 Å². The van der Waals surface area contributed by atoms with Crippen LogP contribution in [0.1, 0.15) is 18.4 Å². The molecule has 114 valence electrons. The number of hydrogen-bond donors (Lipinski definition) is 1. The van der Waals surface area contributed by atoms with E-state index in [1.807, 2.05) is 24.3 Å². The van der Waals surface area contributed by atoms with E-state index >= 15 is 0 Å². The monoisotopic (exact) mass is 310 g/mol. The fourth-order valence-electron chi connectivity index (χ4n) is 2.47. The first-order valence-corrected chi connectivity index (χ1v) is 7.36.